The molecule has 1 unspecified atom stereocenters. The molecule has 0 aromatic carbocycles. The summed E-state index contributed by atoms with van der Waals surface area (Å²) in [5, 5.41) is 10.1. The summed E-state index contributed by atoms with van der Waals surface area (Å²) in [6.45, 7) is 7.51. The highest BCUT2D eigenvalue weighted by atomic mass is 79.9. The molecule has 4 nitrogen and oxygen atoms in total. The molecule has 1 N–H and O–H groups in total. The molecule has 1 aliphatic rings. The summed E-state index contributed by atoms with van der Waals surface area (Å²) in [6.07, 6.45) is 0.958. The second-order valence-electron chi connectivity index (χ2n) is 4.64. The Hall–Kier alpha value is -0.390. The van der Waals surface area contributed by atoms with Gasteiger partial charge in [-0.15, -0.1) is 0 Å². The van der Waals surface area contributed by atoms with Crippen molar-refractivity contribution >= 4 is 21.9 Å². The van der Waals surface area contributed by atoms with Crippen molar-refractivity contribution in [2.75, 3.05) is 26.2 Å². The molecule has 17 heavy (non-hydrogen) atoms. The van der Waals surface area contributed by atoms with Crippen molar-refractivity contribution in [3.63, 3.8) is 0 Å². The number of β-amino-alcohol motifs (C(OH)–C–C–N with tert-alkyl or cyclic N) is 1. The van der Waals surface area contributed by atoms with Gasteiger partial charge in [-0.2, -0.15) is 0 Å². The molecule has 0 fully saturated rings. The normalized spacial score (nSPS) is 21.2. The Labute approximate surface area is 111 Å². The molecule has 98 valence electrons. The largest absolute Gasteiger partial charge is 0.464 e. The number of esters is 1. The molecular weight excluding hydrogens is 286 g/mol. The van der Waals surface area contributed by atoms with Crippen LogP contribution in [0.2, 0.25) is 0 Å². The van der Waals surface area contributed by atoms with Crippen molar-refractivity contribution in [2.45, 2.75) is 32.8 Å². The Morgan fingerprint density at radius 2 is 2.29 bits per heavy atom. The van der Waals surface area contributed by atoms with Crippen LogP contribution in [0.3, 0.4) is 0 Å². The molecule has 1 atom stereocenters. The van der Waals surface area contributed by atoms with Gasteiger partial charge in [-0.25, -0.2) is 4.79 Å². The summed E-state index contributed by atoms with van der Waals surface area (Å²) < 4.78 is 6.00. The SMILES string of the molecule is CCOC(=O)C(C)(O)CN1CCC(C)=C(Br)C1. The first kappa shape index (κ1) is 14.7. The fourth-order valence-corrected chi connectivity index (χ4v) is 2.35. The van der Waals surface area contributed by atoms with E-state index in [2.05, 4.69) is 22.9 Å². The lowest BCUT2D eigenvalue weighted by Gasteiger charge is -2.32. The third kappa shape index (κ3) is 4.08. The second kappa shape index (κ2) is 5.98. The Balaban J connectivity index is 2.57. The molecule has 0 bridgehead atoms. The molecule has 0 radical (unpaired) electrons. The molecule has 0 saturated heterocycles. The lowest BCUT2D eigenvalue weighted by atomic mass is 10.0. The highest BCUT2D eigenvalue weighted by Gasteiger charge is 2.34. The van der Waals surface area contributed by atoms with Crippen LogP contribution in [0, 0.1) is 0 Å². The van der Waals surface area contributed by atoms with Crippen LogP contribution in [-0.2, 0) is 9.53 Å². The second-order valence-corrected chi connectivity index (χ2v) is 5.60. The van der Waals surface area contributed by atoms with Crippen molar-refractivity contribution in [3.8, 4) is 0 Å². The van der Waals surface area contributed by atoms with Crippen molar-refractivity contribution in [2.24, 2.45) is 0 Å². The van der Waals surface area contributed by atoms with E-state index in [1.165, 1.54) is 12.5 Å². The molecule has 0 spiro atoms. The van der Waals surface area contributed by atoms with Crippen LogP contribution in [0.5, 0.6) is 0 Å². The number of carbonyl (C=O) groups excluding carboxylic acids is 1. The van der Waals surface area contributed by atoms with E-state index in [4.69, 9.17) is 4.74 Å². The summed E-state index contributed by atoms with van der Waals surface area (Å²) in [7, 11) is 0. The maximum absolute atomic E-state index is 11.6. The topological polar surface area (TPSA) is 49.8 Å². The zero-order valence-electron chi connectivity index (χ0n) is 10.6. The van der Waals surface area contributed by atoms with Crippen LogP contribution in [-0.4, -0.2) is 47.8 Å². The minimum absolute atomic E-state index is 0.289. The number of hydrogen-bond acceptors (Lipinski definition) is 4. The van der Waals surface area contributed by atoms with Gasteiger partial charge in [0.25, 0.3) is 0 Å². The first-order chi connectivity index (χ1) is 7.86. The van der Waals surface area contributed by atoms with Crippen LogP contribution in [0.4, 0.5) is 0 Å². The van der Waals surface area contributed by atoms with Gasteiger partial charge in [0.2, 0.25) is 0 Å². The van der Waals surface area contributed by atoms with Crippen LogP contribution >= 0.6 is 15.9 Å². The zero-order valence-corrected chi connectivity index (χ0v) is 12.2. The molecule has 0 amide bonds. The summed E-state index contributed by atoms with van der Waals surface area (Å²) >= 11 is 3.51. The van der Waals surface area contributed by atoms with Gasteiger partial charge in [0.15, 0.2) is 5.60 Å². The van der Waals surface area contributed by atoms with Gasteiger partial charge >= 0.3 is 5.97 Å². The third-order valence-electron chi connectivity index (χ3n) is 2.88. The number of nitrogens with zero attached hydrogens (tertiary/aromatic N) is 1. The zero-order chi connectivity index (χ0) is 13.1. The minimum atomic E-state index is -1.44. The molecule has 0 aromatic heterocycles. The molecule has 0 saturated carbocycles. The number of halogens is 1. The monoisotopic (exact) mass is 305 g/mol. The van der Waals surface area contributed by atoms with Gasteiger partial charge in [-0.05, 0) is 27.2 Å². The van der Waals surface area contributed by atoms with Crippen LogP contribution in [0.25, 0.3) is 0 Å². The molecule has 5 heteroatoms. The summed E-state index contributed by atoms with van der Waals surface area (Å²) in [5.41, 5.74) is -0.105. The average molecular weight is 306 g/mol. The van der Waals surface area contributed by atoms with E-state index in [0.29, 0.717) is 6.54 Å². The maximum atomic E-state index is 11.6. The Bertz CT molecular complexity index is 326. The number of ether oxygens (including phenoxy) is 1. The van der Waals surface area contributed by atoms with Gasteiger partial charge in [0.1, 0.15) is 0 Å². The number of rotatable bonds is 4. The predicted molar refractivity (Wildman–Crippen MR) is 69.9 cm³/mol. The van der Waals surface area contributed by atoms with Crippen molar-refractivity contribution in [1.29, 1.82) is 0 Å². The number of hydrogen-bond donors (Lipinski definition) is 1. The van der Waals surface area contributed by atoms with Crippen molar-refractivity contribution < 1.29 is 14.6 Å². The van der Waals surface area contributed by atoms with E-state index in [0.717, 1.165) is 24.0 Å². The number of carbonyl (C=O) groups is 1. The van der Waals surface area contributed by atoms with Gasteiger partial charge in [-0.1, -0.05) is 21.5 Å². The van der Waals surface area contributed by atoms with E-state index < -0.39 is 11.6 Å². The molecule has 1 rings (SSSR count). The van der Waals surface area contributed by atoms with Crippen LogP contribution < -0.4 is 0 Å². The van der Waals surface area contributed by atoms with Crippen LogP contribution in [0.15, 0.2) is 10.1 Å². The molecule has 1 heterocycles. The summed E-state index contributed by atoms with van der Waals surface area (Å²) in [4.78, 5) is 13.6. The fraction of sp³-hybridized carbons (Fsp3) is 0.750. The summed E-state index contributed by atoms with van der Waals surface area (Å²) in [6, 6.07) is 0. The Morgan fingerprint density at radius 1 is 1.65 bits per heavy atom. The lowest BCUT2D eigenvalue weighted by molar-refractivity contribution is -0.164. The Kier molecular flexibility index (Phi) is 5.16. The van der Waals surface area contributed by atoms with Gasteiger partial charge < -0.3 is 9.84 Å². The predicted octanol–water partition coefficient (Wildman–Crippen LogP) is 1.68. The minimum Gasteiger partial charge on any atom is -0.464 e. The molecular formula is C12H20BrNO3. The van der Waals surface area contributed by atoms with E-state index >= 15 is 0 Å². The van der Waals surface area contributed by atoms with Crippen LogP contribution in [0.1, 0.15) is 27.2 Å². The maximum Gasteiger partial charge on any atom is 0.339 e. The standard InChI is InChI=1S/C12H20BrNO3/c1-4-17-11(15)12(3,16)8-14-6-5-9(2)10(13)7-14/h16H,4-8H2,1-3H3. The first-order valence-corrected chi connectivity index (χ1v) is 6.62. The quantitative estimate of drug-likeness (QED) is 0.803. The third-order valence-corrected chi connectivity index (χ3v) is 3.80. The fourth-order valence-electron chi connectivity index (χ4n) is 1.79. The van der Waals surface area contributed by atoms with E-state index in [9.17, 15) is 9.90 Å². The van der Waals surface area contributed by atoms with Crippen molar-refractivity contribution in [3.05, 3.63) is 10.1 Å². The highest BCUT2D eigenvalue weighted by molar-refractivity contribution is 9.11. The first-order valence-electron chi connectivity index (χ1n) is 5.83. The van der Waals surface area contributed by atoms with E-state index in [1.54, 1.807) is 6.92 Å². The average Bonchev–Trinajstić information content (AvgIpc) is 2.23. The van der Waals surface area contributed by atoms with Gasteiger partial charge in [-0.3, -0.25) is 4.90 Å². The lowest BCUT2D eigenvalue weighted by Crippen LogP contribution is -2.49. The molecule has 0 aromatic rings. The van der Waals surface area contributed by atoms with Crippen molar-refractivity contribution in [1.82, 2.24) is 4.90 Å². The number of aliphatic hydroxyl groups is 1. The van der Waals surface area contributed by atoms with E-state index in [1.807, 2.05) is 4.90 Å². The van der Waals surface area contributed by atoms with Gasteiger partial charge in [0.05, 0.1) is 6.61 Å². The molecule has 1 aliphatic heterocycles. The molecule has 0 aliphatic carbocycles. The smallest absolute Gasteiger partial charge is 0.339 e. The van der Waals surface area contributed by atoms with E-state index in [-0.39, 0.29) is 6.61 Å². The Morgan fingerprint density at radius 3 is 2.82 bits per heavy atom. The van der Waals surface area contributed by atoms with Gasteiger partial charge in [0, 0.05) is 24.1 Å². The summed E-state index contributed by atoms with van der Waals surface area (Å²) in [5.74, 6) is -0.553. The highest BCUT2D eigenvalue weighted by Crippen LogP contribution is 2.23.